The third kappa shape index (κ3) is 8.95. The van der Waals surface area contributed by atoms with Crippen LogP contribution in [0.2, 0.25) is 0 Å². The number of hydrogen-bond acceptors (Lipinski definition) is 4. The molecule has 0 aliphatic heterocycles. The van der Waals surface area contributed by atoms with Gasteiger partial charge in [0.2, 0.25) is 0 Å². The first kappa shape index (κ1) is 37.7. The molecule has 4 nitrogen and oxygen atoms in total. The summed E-state index contributed by atoms with van der Waals surface area (Å²) >= 11 is 0. The van der Waals surface area contributed by atoms with Gasteiger partial charge >= 0.3 is 0 Å². The molecule has 6 rings (SSSR count). The van der Waals surface area contributed by atoms with E-state index in [4.69, 9.17) is 9.47 Å². The molecule has 0 radical (unpaired) electrons. The predicted octanol–water partition coefficient (Wildman–Crippen LogP) is 13.4. The summed E-state index contributed by atoms with van der Waals surface area (Å²) in [5, 5.41) is 0. The van der Waals surface area contributed by atoms with Crippen molar-refractivity contribution >= 4 is 34.1 Å². The Hall–Kier alpha value is -6.00. The highest BCUT2D eigenvalue weighted by Gasteiger charge is 2.16. The van der Waals surface area contributed by atoms with Gasteiger partial charge in [-0.15, -0.1) is 0 Å². The Kier molecular flexibility index (Phi) is 12.7. The summed E-state index contributed by atoms with van der Waals surface area (Å²) in [6.45, 7) is 17.3. The topological polar surface area (TPSA) is 24.9 Å². The minimum Gasteiger partial charge on any atom is -0.501 e. The summed E-state index contributed by atoms with van der Waals surface area (Å²) in [6, 6.07) is 49.0. The van der Waals surface area contributed by atoms with Gasteiger partial charge in [0, 0.05) is 47.0 Å². The molecule has 0 atom stereocenters. The summed E-state index contributed by atoms with van der Waals surface area (Å²) in [4.78, 5) is 4.68. The zero-order chi connectivity index (χ0) is 37.9. The average Bonchev–Trinajstić information content (AvgIpc) is 3.21. The van der Waals surface area contributed by atoms with E-state index in [9.17, 15) is 0 Å². The van der Waals surface area contributed by atoms with E-state index in [-0.39, 0.29) is 0 Å². The summed E-state index contributed by atoms with van der Waals surface area (Å²) in [5.74, 6) is 0. The van der Waals surface area contributed by atoms with E-state index in [0.717, 1.165) is 59.8 Å². The molecule has 0 amide bonds. The number of benzene rings is 6. The highest BCUT2D eigenvalue weighted by atomic mass is 16.5. The molecule has 0 bridgehead atoms. The first-order valence-electron chi connectivity index (χ1n) is 19.0. The molecule has 6 aromatic rings. The van der Waals surface area contributed by atoms with E-state index in [2.05, 4.69) is 184 Å². The van der Waals surface area contributed by atoms with Gasteiger partial charge in [0.15, 0.2) is 0 Å². The molecule has 0 saturated heterocycles. The zero-order valence-electron chi connectivity index (χ0n) is 32.2. The highest BCUT2D eigenvalue weighted by Crippen LogP contribution is 2.39. The standard InChI is InChI=1S/C50H52N2O2/c1-7-39-11-21-45(22-12-39)51(49-29-15-41(37(5)35-49)31-33-53-9-3)47-25-17-43(18-26-47)44-19-27-48(28-20-44)52(46-23-13-40(8-2)14-24-46)50-30-16-42(38(6)36-50)32-34-54-10-4/h9-30,35-36H,3-4,7-8,31-34H2,1-2,5-6H3. The first-order chi connectivity index (χ1) is 26.4. The van der Waals surface area contributed by atoms with E-state index in [0.29, 0.717) is 13.2 Å². The van der Waals surface area contributed by atoms with Crippen LogP contribution in [0.25, 0.3) is 11.1 Å². The van der Waals surface area contributed by atoms with E-state index in [1.807, 2.05) is 0 Å². The Labute approximate surface area is 322 Å². The Morgan fingerprint density at radius 3 is 1.06 bits per heavy atom. The van der Waals surface area contributed by atoms with Gasteiger partial charge in [-0.1, -0.05) is 87.7 Å². The van der Waals surface area contributed by atoms with E-state index in [1.165, 1.54) is 57.0 Å². The van der Waals surface area contributed by atoms with Crippen molar-refractivity contribution in [1.82, 2.24) is 0 Å². The fraction of sp³-hybridized carbons (Fsp3) is 0.200. The Balaban J connectivity index is 1.30. The zero-order valence-corrected chi connectivity index (χ0v) is 32.2. The molecule has 4 heteroatoms. The number of rotatable bonds is 17. The number of aryl methyl sites for hydroxylation is 4. The summed E-state index contributed by atoms with van der Waals surface area (Å²) in [7, 11) is 0. The van der Waals surface area contributed by atoms with Crippen molar-refractivity contribution < 1.29 is 9.47 Å². The van der Waals surface area contributed by atoms with Gasteiger partial charge in [-0.05, 0) is 144 Å². The van der Waals surface area contributed by atoms with Crippen LogP contribution in [0.15, 0.2) is 159 Å². The maximum Gasteiger partial charge on any atom is 0.0913 e. The van der Waals surface area contributed by atoms with E-state index in [1.54, 1.807) is 0 Å². The third-order valence-electron chi connectivity index (χ3n) is 10.2. The van der Waals surface area contributed by atoms with Gasteiger partial charge in [-0.3, -0.25) is 0 Å². The normalized spacial score (nSPS) is 10.8. The second-order valence-electron chi connectivity index (χ2n) is 13.6. The molecule has 6 aromatic carbocycles. The molecule has 0 aliphatic rings. The van der Waals surface area contributed by atoms with Crippen LogP contribution in [-0.4, -0.2) is 13.2 Å². The second kappa shape index (κ2) is 18.2. The van der Waals surface area contributed by atoms with Gasteiger partial charge in [0.25, 0.3) is 0 Å². The van der Waals surface area contributed by atoms with E-state index < -0.39 is 0 Å². The van der Waals surface area contributed by atoms with Crippen molar-refractivity contribution in [3.63, 3.8) is 0 Å². The summed E-state index contributed by atoms with van der Waals surface area (Å²) in [6.07, 6.45) is 6.73. The fourth-order valence-electron chi connectivity index (χ4n) is 6.97. The van der Waals surface area contributed by atoms with Crippen LogP contribution >= 0.6 is 0 Å². The molecular formula is C50H52N2O2. The molecule has 0 aliphatic carbocycles. The van der Waals surface area contributed by atoms with Crippen LogP contribution in [0.4, 0.5) is 34.1 Å². The fourth-order valence-corrected chi connectivity index (χ4v) is 6.97. The predicted molar refractivity (Wildman–Crippen MR) is 229 cm³/mol. The molecule has 0 spiro atoms. The van der Waals surface area contributed by atoms with Gasteiger partial charge < -0.3 is 19.3 Å². The summed E-state index contributed by atoms with van der Waals surface area (Å²) in [5.41, 5.74) is 16.8. The number of anilines is 6. The maximum atomic E-state index is 5.41. The Bertz CT molecular complexity index is 1980. The highest BCUT2D eigenvalue weighted by molar-refractivity contribution is 5.81. The number of nitrogens with zero attached hydrogens (tertiary/aromatic N) is 2. The number of hydrogen-bond donors (Lipinski definition) is 0. The minimum absolute atomic E-state index is 0.623. The lowest BCUT2D eigenvalue weighted by Crippen LogP contribution is -2.11. The van der Waals surface area contributed by atoms with Gasteiger partial charge in [-0.2, -0.15) is 0 Å². The quantitative estimate of drug-likeness (QED) is 0.0694. The van der Waals surface area contributed by atoms with Gasteiger partial charge in [0.05, 0.1) is 25.7 Å². The van der Waals surface area contributed by atoms with Crippen LogP contribution < -0.4 is 9.80 Å². The monoisotopic (exact) mass is 712 g/mol. The lowest BCUT2D eigenvalue weighted by Gasteiger charge is -2.27. The molecule has 0 unspecified atom stereocenters. The molecular weight excluding hydrogens is 661 g/mol. The molecule has 0 N–H and O–H groups in total. The van der Waals surface area contributed by atoms with Crippen molar-refractivity contribution in [2.45, 2.75) is 53.4 Å². The van der Waals surface area contributed by atoms with Crippen molar-refractivity contribution in [3.8, 4) is 11.1 Å². The maximum absolute atomic E-state index is 5.41. The van der Waals surface area contributed by atoms with Gasteiger partial charge in [-0.25, -0.2) is 0 Å². The molecule has 0 heterocycles. The largest absolute Gasteiger partial charge is 0.501 e. The number of ether oxygens (including phenoxy) is 2. The second-order valence-corrected chi connectivity index (χ2v) is 13.6. The Morgan fingerprint density at radius 1 is 0.444 bits per heavy atom. The van der Waals surface area contributed by atoms with Crippen molar-refractivity contribution in [1.29, 1.82) is 0 Å². The van der Waals surface area contributed by atoms with Crippen LogP contribution in [0.5, 0.6) is 0 Å². The average molecular weight is 713 g/mol. The van der Waals surface area contributed by atoms with Crippen molar-refractivity contribution in [2.24, 2.45) is 0 Å². The van der Waals surface area contributed by atoms with Gasteiger partial charge in [0.1, 0.15) is 0 Å². The van der Waals surface area contributed by atoms with E-state index >= 15 is 0 Å². The molecule has 274 valence electrons. The molecule has 0 fully saturated rings. The van der Waals surface area contributed by atoms with Crippen LogP contribution in [0.1, 0.15) is 47.2 Å². The third-order valence-corrected chi connectivity index (χ3v) is 10.2. The first-order valence-corrected chi connectivity index (χ1v) is 19.0. The van der Waals surface area contributed by atoms with Crippen LogP contribution in [0, 0.1) is 13.8 Å². The smallest absolute Gasteiger partial charge is 0.0913 e. The van der Waals surface area contributed by atoms with Crippen molar-refractivity contribution in [2.75, 3.05) is 23.0 Å². The minimum atomic E-state index is 0.623. The SMILES string of the molecule is C=COCCc1ccc(N(c2ccc(CC)cc2)c2ccc(-c3ccc(N(c4ccc(CC)cc4)c4ccc(CCOC=C)c(C)c4)cc3)cc2)cc1C. The van der Waals surface area contributed by atoms with Crippen molar-refractivity contribution in [3.05, 3.63) is 193 Å². The molecule has 0 saturated carbocycles. The van der Waals surface area contributed by atoms with Crippen LogP contribution in [-0.2, 0) is 35.2 Å². The molecule has 0 aromatic heterocycles. The lowest BCUT2D eigenvalue weighted by atomic mass is 10.0. The lowest BCUT2D eigenvalue weighted by molar-refractivity contribution is 0.254. The molecule has 54 heavy (non-hydrogen) atoms. The van der Waals surface area contributed by atoms with Crippen LogP contribution in [0.3, 0.4) is 0 Å². The Morgan fingerprint density at radius 2 is 0.759 bits per heavy atom. The summed E-state index contributed by atoms with van der Waals surface area (Å²) < 4.78 is 10.8.